The Morgan fingerprint density at radius 2 is 1.63 bits per heavy atom. The lowest BCUT2D eigenvalue weighted by Crippen LogP contribution is -2.40. The second kappa shape index (κ2) is 7.19. The lowest BCUT2D eigenvalue weighted by atomic mass is 9.91. The van der Waals surface area contributed by atoms with Crippen LogP contribution in [0.25, 0.3) is 0 Å². The van der Waals surface area contributed by atoms with Crippen LogP contribution < -0.4 is 5.32 Å². The Morgan fingerprint density at radius 3 is 2.19 bits per heavy atom. The van der Waals surface area contributed by atoms with Crippen molar-refractivity contribution in [1.29, 1.82) is 0 Å². The van der Waals surface area contributed by atoms with E-state index in [0.717, 1.165) is 23.3 Å². The molecule has 27 heavy (non-hydrogen) atoms. The molecule has 0 aromatic heterocycles. The molecule has 1 saturated heterocycles. The molecule has 1 aliphatic rings. The molecule has 1 N–H and O–H groups in total. The van der Waals surface area contributed by atoms with Gasteiger partial charge < -0.3 is 5.32 Å². The molecule has 7 nitrogen and oxygen atoms in total. The van der Waals surface area contributed by atoms with E-state index in [-0.39, 0.29) is 18.1 Å². The van der Waals surface area contributed by atoms with Crippen LogP contribution in [0.15, 0.2) is 48.5 Å². The van der Waals surface area contributed by atoms with Gasteiger partial charge in [0.1, 0.15) is 5.54 Å². The predicted molar refractivity (Wildman–Crippen MR) is 100.0 cm³/mol. The molecule has 1 fully saturated rings. The first-order chi connectivity index (χ1) is 12.8. The molecular weight excluding hydrogens is 346 g/mol. The van der Waals surface area contributed by atoms with Crippen LogP contribution >= 0.6 is 0 Å². The van der Waals surface area contributed by atoms with Crippen molar-refractivity contribution in [2.24, 2.45) is 0 Å². The molecule has 3 rings (SSSR count). The zero-order valence-electron chi connectivity index (χ0n) is 15.3. The molecule has 0 bridgehead atoms. The van der Waals surface area contributed by atoms with Gasteiger partial charge in [0.15, 0.2) is 0 Å². The zero-order valence-corrected chi connectivity index (χ0v) is 15.3. The molecule has 0 spiro atoms. The van der Waals surface area contributed by atoms with Crippen LogP contribution in [-0.2, 0) is 23.3 Å². The van der Waals surface area contributed by atoms with Gasteiger partial charge in [-0.05, 0) is 30.0 Å². The SMILES string of the molecule is CCCc1ccc([C@@]2(C)NC(=O)N(Cc3ccc([N+](=O)[O-])cc3)C2=O)cc1. The van der Waals surface area contributed by atoms with Crippen LogP contribution in [0.3, 0.4) is 0 Å². The van der Waals surface area contributed by atoms with E-state index in [1.54, 1.807) is 19.1 Å². The molecule has 2 aromatic rings. The van der Waals surface area contributed by atoms with Gasteiger partial charge in [-0.25, -0.2) is 4.79 Å². The number of nitro groups is 1. The van der Waals surface area contributed by atoms with Crippen molar-refractivity contribution in [2.45, 2.75) is 38.8 Å². The number of benzene rings is 2. The van der Waals surface area contributed by atoms with E-state index in [9.17, 15) is 19.7 Å². The quantitative estimate of drug-likeness (QED) is 0.480. The number of rotatable bonds is 6. The van der Waals surface area contributed by atoms with Gasteiger partial charge in [0, 0.05) is 12.1 Å². The maximum atomic E-state index is 13.0. The average molecular weight is 367 g/mol. The van der Waals surface area contributed by atoms with E-state index >= 15 is 0 Å². The Morgan fingerprint density at radius 1 is 1.04 bits per heavy atom. The number of urea groups is 1. The Kier molecular flexibility index (Phi) is 4.94. The Labute approximate surface area is 157 Å². The first kappa shape index (κ1) is 18.6. The summed E-state index contributed by atoms with van der Waals surface area (Å²) < 4.78 is 0. The summed E-state index contributed by atoms with van der Waals surface area (Å²) in [5.74, 6) is -0.339. The summed E-state index contributed by atoms with van der Waals surface area (Å²) in [6.45, 7) is 3.86. The van der Waals surface area contributed by atoms with Gasteiger partial charge in [-0.15, -0.1) is 0 Å². The summed E-state index contributed by atoms with van der Waals surface area (Å²) in [6.07, 6.45) is 2.00. The number of amides is 3. The fourth-order valence-corrected chi connectivity index (χ4v) is 3.24. The van der Waals surface area contributed by atoms with Crippen molar-refractivity contribution in [3.8, 4) is 0 Å². The van der Waals surface area contributed by atoms with Crippen molar-refractivity contribution < 1.29 is 14.5 Å². The van der Waals surface area contributed by atoms with Crippen LogP contribution in [0.1, 0.15) is 37.0 Å². The minimum absolute atomic E-state index is 0.0343. The first-order valence-electron chi connectivity index (χ1n) is 8.82. The number of carbonyl (C=O) groups excluding carboxylic acids is 2. The van der Waals surface area contributed by atoms with E-state index in [4.69, 9.17) is 0 Å². The number of hydrogen-bond donors (Lipinski definition) is 1. The van der Waals surface area contributed by atoms with Gasteiger partial charge in [-0.3, -0.25) is 19.8 Å². The highest BCUT2D eigenvalue weighted by Crippen LogP contribution is 2.30. The number of imide groups is 1. The number of nitrogens with one attached hydrogen (secondary N) is 1. The highest BCUT2D eigenvalue weighted by Gasteiger charge is 2.48. The normalized spacial score (nSPS) is 19.3. The maximum absolute atomic E-state index is 13.0. The molecule has 0 unspecified atom stereocenters. The lowest BCUT2D eigenvalue weighted by Gasteiger charge is -2.22. The molecule has 7 heteroatoms. The molecule has 3 amide bonds. The lowest BCUT2D eigenvalue weighted by molar-refractivity contribution is -0.384. The van der Waals surface area contributed by atoms with Crippen LogP contribution in [-0.4, -0.2) is 21.8 Å². The molecule has 0 aliphatic carbocycles. The summed E-state index contributed by atoms with van der Waals surface area (Å²) in [7, 11) is 0. The average Bonchev–Trinajstić information content (AvgIpc) is 2.87. The number of non-ortho nitro benzene ring substituents is 1. The molecule has 1 atom stereocenters. The number of aryl methyl sites for hydroxylation is 1. The fraction of sp³-hybridized carbons (Fsp3) is 0.300. The van der Waals surface area contributed by atoms with Crippen molar-refractivity contribution >= 4 is 17.6 Å². The molecule has 1 heterocycles. The van der Waals surface area contributed by atoms with Crippen molar-refractivity contribution in [3.63, 3.8) is 0 Å². The van der Waals surface area contributed by atoms with Crippen LogP contribution in [0.5, 0.6) is 0 Å². The Hall–Kier alpha value is -3.22. The highest BCUT2D eigenvalue weighted by molar-refractivity contribution is 6.07. The van der Waals surface area contributed by atoms with E-state index in [1.807, 2.05) is 24.3 Å². The first-order valence-corrected chi connectivity index (χ1v) is 8.82. The van der Waals surface area contributed by atoms with Gasteiger partial charge in [-0.1, -0.05) is 49.7 Å². The third kappa shape index (κ3) is 3.53. The number of carbonyl (C=O) groups is 2. The van der Waals surface area contributed by atoms with Gasteiger partial charge in [0.2, 0.25) is 0 Å². The zero-order chi connectivity index (χ0) is 19.6. The largest absolute Gasteiger partial charge is 0.325 e. The smallest absolute Gasteiger partial charge is 0.319 e. The summed E-state index contributed by atoms with van der Waals surface area (Å²) in [4.78, 5) is 36.8. The highest BCUT2D eigenvalue weighted by atomic mass is 16.6. The van der Waals surface area contributed by atoms with Gasteiger partial charge >= 0.3 is 6.03 Å². The monoisotopic (exact) mass is 367 g/mol. The second-order valence-corrected chi connectivity index (χ2v) is 6.82. The van der Waals surface area contributed by atoms with Gasteiger partial charge in [0.25, 0.3) is 11.6 Å². The Bertz CT molecular complexity index is 877. The molecule has 0 saturated carbocycles. The predicted octanol–water partition coefficient (Wildman–Crippen LogP) is 3.51. The summed E-state index contributed by atoms with van der Waals surface area (Å²) in [6, 6.07) is 13.0. The maximum Gasteiger partial charge on any atom is 0.325 e. The number of nitro benzene ring substituents is 1. The van der Waals surface area contributed by atoms with Crippen molar-refractivity contribution in [1.82, 2.24) is 10.2 Å². The molecular formula is C20H21N3O4. The number of nitrogens with zero attached hydrogens (tertiary/aromatic N) is 2. The van der Waals surface area contributed by atoms with E-state index < -0.39 is 16.5 Å². The topological polar surface area (TPSA) is 92.6 Å². The summed E-state index contributed by atoms with van der Waals surface area (Å²) in [5.41, 5.74) is 1.40. The van der Waals surface area contributed by atoms with E-state index in [2.05, 4.69) is 12.2 Å². The van der Waals surface area contributed by atoms with Gasteiger partial charge in [-0.2, -0.15) is 0 Å². The molecule has 140 valence electrons. The standard InChI is InChI=1S/C20H21N3O4/c1-3-4-14-5-9-16(10-6-14)20(2)18(24)22(19(25)21-20)13-15-7-11-17(12-8-15)23(26)27/h5-12H,3-4,13H2,1-2H3,(H,21,25)/t20-/m1/s1. The van der Waals surface area contributed by atoms with Crippen molar-refractivity contribution in [3.05, 3.63) is 75.3 Å². The van der Waals surface area contributed by atoms with Crippen LogP contribution in [0.2, 0.25) is 0 Å². The second-order valence-electron chi connectivity index (χ2n) is 6.82. The molecule has 1 aliphatic heterocycles. The number of hydrogen-bond acceptors (Lipinski definition) is 4. The van der Waals surface area contributed by atoms with Crippen LogP contribution in [0, 0.1) is 10.1 Å². The third-order valence-electron chi connectivity index (χ3n) is 4.83. The molecule has 0 radical (unpaired) electrons. The fourth-order valence-electron chi connectivity index (χ4n) is 3.24. The minimum Gasteiger partial charge on any atom is -0.319 e. The van der Waals surface area contributed by atoms with Crippen LogP contribution in [0.4, 0.5) is 10.5 Å². The summed E-state index contributed by atoms with van der Waals surface area (Å²) >= 11 is 0. The van der Waals surface area contributed by atoms with Crippen molar-refractivity contribution in [2.75, 3.05) is 0 Å². The van der Waals surface area contributed by atoms with E-state index in [1.165, 1.54) is 17.7 Å². The Balaban J connectivity index is 1.80. The van der Waals surface area contributed by atoms with E-state index in [0.29, 0.717) is 5.56 Å². The van der Waals surface area contributed by atoms with Gasteiger partial charge in [0.05, 0.1) is 11.5 Å². The summed E-state index contributed by atoms with van der Waals surface area (Å²) in [5, 5.41) is 13.5. The molecule has 2 aromatic carbocycles. The minimum atomic E-state index is -1.12. The third-order valence-corrected chi connectivity index (χ3v) is 4.83.